The van der Waals surface area contributed by atoms with Gasteiger partial charge in [0.25, 0.3) is 0 Å². The van der Waals surface area contributed by atoms with E-state index in [9.17, 15) is 4.79 Å². The van der Waals surface area contributed by atoms with Crippen LogP contribution in [0.2, 0.25) is 18.1 Å². The average molecular weight is 465 g/mol. The van der Waals surface area contributed by atoms with Crippen LogP contribution in [0, 0.1) is 17.8 Å². The summed E-state index contributed by atoms with van der Waals surface area (Å²) in [5.41, 5.74) is 1.13. The quantitative estimate of drug-likeness (QED) is 0.228. The van der Waals surface area contributed by atoms with E-state index in [1.165, 1.54) is 0 Å². The Morgan fingerprint density at radius 3 is 2.06 bits per heavy atom. The fourth-order valence-corrected chi connectivity index (χ4v) is 5.09. The van der Waals surface area contributed by atoms with Gasteiger partial charge in [0, 0.05) is 0 Å². The Hall–Kier alpha value is -1.17. The van der Waals surface area contributed by atoms with Gasteiger partial charge < -0.3 is 13.9 Å². The Bertz CT molecular complexity index is 664. The van der Waals surface area contributed by atoms with Crippen LogP contribution in [0.4, 0.5) is 0 Å². The van der Waals surface area contributed by atoms with Crippen molar-refractivity contribution in [3.8, 4) is 0 Å². The van der Waals surface area contributed by atoms with Crippen molar-refractivity contribution in [2.75, 3.05) is 6.61 Å². The maximum atomic E-state index is 12.8. The third-order valence-corrected chi connectivity index (χ3v) is 10.9. The summed E-state index contributed by atoms with van der Waals surface area (Å²) in [6.45, 7) is 22.8. The predicted octanol–water partition coefficient (Wildman–Crippen LogP) is 7.23. The first-order valence-electron chi connectivity index (χ1n) is 12.3. The van der Waals surface area contributed by atoms with Gasteiger partial charge >= 0.3 is 5.97 Å². The molecular formula is C27H48O4Si. The number of esters is 1. The Morgan fingerprint density at radius 1 is 1.00 bits per heavy atom. The van der Waals surface area contributed by atoms with Crippen molar-refractivity contribution in [3.05, 3.63) is 35.9 Å². The summed E-state index contributed by atoms with van der Waals surface area (Å²) in [5, 5.41) is 0.0998. The van der Waals surface area contributed by atoms with Crippen LogP contribution in [0.25, 0.3) is 0 Å². The minimum absolute atomic E-state index is 0.0799. The second-order valence-corrected chi connectivity index (χ2v) is 16.0. The molecule has 0 N–H and O–H groups in total. The van der Waals surface area contributed by atoms with Gasteiger partial charge in [0.05, 0.1) is 31.3 Å². The maximum Gasteiger partial charge on any atom is 0.309 e. The van der Waals surface area contributed by atoms with Gasteiger partial charge in [0.2, 0.25) is 0 Å². The molecule has 1 rings (SSSR count). The number of benzene rings is 1. The fourth-order valence-electron chi connectivity index (χ4n) is 3.63. The van der Waals surface area contributed by atoms with Crippen LogP contribution in [0.15, 0.2) is 30.3 Å². The number of rotatable bonds is 13. The molecule has 0 aliphatic carbocycles. The molecule has 5 heteroatoms. The van der Waals surface area contributed by atoms with Gasteiger partial charge in [-0.15, -0.1) is 0 Å². The highest BCUT2D eigenvalue weighted by molar-refractivity contribution is 6.74. The molecule has 32 heavy (non-hydrogen) atoms. The molecule has 1 aromatic rings. The number of carbonyl (C=O) groups is 1. The second kappa shape index (κ2) is 12.9. The zero-order valence-electron chi connectivity index (χ0n) is 22.2. The van der Waals surface area contributed by atoms with E-state index in [1.54, 1.807) is 0 Å². The lowest BCUT2D eigenvalue weighted by atomic mass is 9.88. The van der Waals surface area contributed by atoms with E-state index in [-0.39, 0.29) is 35.1 Å². The fraction of sp³-hybridized carbons (Fsp3) is 0.741. The zero-order valence-corrected chi connectivity index (χ0v) is 23.2. The van der Waals surface area contributed by atoms with Gasteiger partial charge in [0.1, 0.15) is 0 Å². The summed E-state index contributed by atoms with van der Waals surface area (Å²) in [6, 6.07) is 10.2. The van der Waals surface area contributed by atoms with Gasteiger partial charge in [-0.05, 0) is 55.3 Å². The Labute approximate surface area is 198 Å². The summed E-state index contributed by atoms with van der Waals surface area (Å²) in [6.07, 6.45) is 1.14. The largest absolute Gasteiger partial charge is 0.466 e. The minimum atomic E-state index is -2.02. The molecule has 0 aliphatic rings. The van der Waals surface area contributed by atoms with Crippen LogP contribution in [0.5, 0.6) is 0 Å². The molecule has 0 fully saturated rings. The van der Waals surface area contributed by atoms with Crippen molar-refractivity contribution in [2.45, 2.75) is 105 Å². The van der Waals surface area contributed by atoms with E-state index in [4.69, 9.17) is 13.9 Å². The molecule has 0 amide bonds. The van der Waals surface area contributed by atoms with Crippen LogP contribution in [-0.4, -0.2) is 33.1 Å². The summed E-state index contributed by atoms with van der Waals surface area (Å²) in [7, 11) is -2.02. The third kappa shape index (κ3) is 9.36. The first kappa shape index (κ1) is 28.9. The summed E-state index contributed by atoms with van der Waals surface area (Å²) < 4.78 is 18.9. The molecule has 184 valence electrons. The van der Waals surface area contributed by atoms with Gasteiger partial charge in [-0.2, -0.15) is 0 Å². The standard InChI is InChI=1S/C27H48O4Si/c1-11-29-26(28)23(17-20(2)3)18-24(30-19-22-15-13-12-14-16-22)25(21(4)5)31-32(9,10)27(6,7)8/h12-16,20-21,23-25H,11,17-19H2,1-10H3/t23-,24+,25+/m1/s1. The van der Waals surface area contributed by atoms with E-state index in [0.29, 0.717) is 25.6 Å². The van der Waals surface area contributed by atoms with Gasteiger partial charge in [0.15, 0.2) is 8.32 Å². The van der Waals surface area contributed by atoms with Crippen LogP contribution < -0.4 is 0 Å². The first-order valence-corrected chi connectivity index (χ1v) is 15.2. The lowest BCUT2D eigenvalue weighted by Gasteiger charge is -2.43. The normalized spacial score (nSPS) is 15.6. The zero-order chi connectivity index (χ0) is 24.5. The minimum Gasteiger partial charge on any atom is -0.466 e. The summed E-state index contributed by atoms with van der Waals surface area (Å²) >= 11 is 0. The van der Waals surface area contributed by atoms with Crippen LogP contribution in [-0.2, 0) is 25.3 Å². The lowest BCUT2D eigenvalue weighted by Crippen LogP contribution is -2.50. The molecule has 0 aliphatic heterocycles. The van der Waals surface area contributed by atoms with Crippen molar-refractivity contribution >= 4 is 14.3 Å². The van der Waals surface area contributed by atoms with Crippen LogP contribution in [0.3, 0.4) is 0 Å². The summed E-state index contributed by atoms with van der Waals surface area (Å²) in [5.74, 6) is 0.356. The average Bonchev–Trinajstić information content (AvgIpc) is 2.68. The van der Waals surface area contributed by atoms with Crippen molar-refractivity contribution in [3.63, 3.8) is 0 Å². The Morgan fingerprint density at radius 2 is 1.59 bits per heavy atom. The lowest BCUT2D eigenvalue weighted by molar-refractivity contribution is -0.152. The molecule has 0 aromatic heterocycles. The maximum absolute atomic E-state index is 12.8. The Balaban J connectivity index is 3.22. The smallest absolute Gasteiger partial charge is 0.309 e. The Kier molecular flexibility index (Phi) is 11.6. The van der Waals surface area contributed by atoms with E-state index < -0.39 is 8.32 Å². The highest BCUT2D eigenvalue weighted by Crippen LogP contribution is 2.39. The van der Waals surface area contributed by atoms with Crippen molar-refractivity contribution in [1.29, 1.82) is 0 Å². The molecule has 0 spiro atoms. The summed E-state index contributed by atoms with van der Waals surface area (Å²) in [4.78, 5) is 12.8. The molecule has 0 unspecified atom stereocenters. The molecule has 0 saturated carbocycles. The molecule has 0 saturated heterocycles. The number of hydrogen-bond donors (Lipinski definition) is 0. The van der Waals surface area contributed by atoms with E-state index in [2.05, 4.69) is 73.7 Å². The molecule has 4 nitrogen and oxygen atoms in total. The third-order valence-electron chi connectivity index (χ3n) is 6.46. The van der Waals surface area contributed by atoms with Crippen molar-refractivity contribution in [1.82, 2.24) is 0 Å². The highest BCUT2D eigenvalue weighted by atomic mass is 28.4. The van der Waals surface area contributed by atoms with Crippen LogP contribution in [0.1, 0.15) is 73.8 Å². The molecule has 0 radical (unpaired) electrons. The predicted molar refractivity (Wildman–Crippen MR) is 136 cm³/mol. The number of ether oxygens (including phenoxy) is 2. The van der Waals surface area contributed by atoms with Gasteiger partial charge in [-0.3, -0.25) is 4.79 Å². The second-order valence-electron chi connectivity index (χ2n) is 11.2. The van der Waals surface area contributed by atoms with Gasteiger partial charge in [-0.1, -0.05) is 78.8 Å². The monoisotopic (exact) mass is 464 g/mol. The van der Waals surface area contributed by atoms with Crippen molar-refractivity contribution in [2.24, 2.45) is 17.8 Å². The molecule has 0 heterocycles. The topological polar surface area (TPSA) is 44.8 Å². The number of carbonyl (C=O) groups excluding carboxylic acids is 1. The van der Waals surface area contributed by atoms with Gasteiger partial charge in [-0.25, -0.2) is 0 Å². The molecule has 1 aromatic carbocycles. The molecule has 0 bridgehead atoms. The van der Waals surface area contributed by atoms with E-state index in [0.717, 1.165) is 12.0 Å². The van der Waals surface area contributed by atoms with E-state index >= 15 is 0 Å². The van der Waals surface area contributed by atoms with E-state index in [1.807, 2.05) is 25.1 Å². The van der Waals surface area contributed by atoms with Crippen LogP contribution >= 0.6 is 0 Å². The first-order chi connectivity index (χ1) is 14.8. The number of hydrogen-bond acceptors (Lipinski definition) is 4. The molecule has 3 atom stereocenters. The highest BCUT2D eigenvalue weighted by Gasteiger charge is 2.42. The molecular weight excluding hydrogens is 416 g/mol. The SMILES string of the molecule is CCOC(=O)[C@H](CC(C)C)C[C@H](OCc1ccccc1)[C@@H](O[Si](C)(C)C(C)(C)C)C(C)C. The van der Waals surface area contributed by atoms with Crippen molar-refractivity contribution < 1.29 is 18.7 Å².